The van der Waals surface area contributed by atoms with Gasteiger partial charge in [-0.1, -0.05) is 25.0 Å². The van der Waals surface area contributed by atoms with Crippen LogP contribution in [0.1, 0.15) is 38.5 Å². The molecule has 144 valence electrons. The van der Waals surface area contributed by atoms with Gasteiger partial charge in [-0.2, -0.15) is 0 Å². The van der Waals surface area contributed by atoms with E-state index < -0.39 is 0 Å². The number of ether oxygens (including phenoxy) is 1. The van der Waals surface area contributed by atoms with Crippen LogP contribution in [-0.4, -0.2) is 38.7 Å². The highest BCUT2D eigenvalue weighted by Crippen LogP contribution is 2.30. The van der Waals surface area contributed by atoms with Crippen molar-refractivity contribution in [1.29, 1.82) is 0 Å². The van der Waals surface area contributed by atoms with Crippen LogP contribution < -0.4 is 20.7 Å². The second-order valence-corrected chi connectivity index (χ2v) is 6.12. The van der Waals surface area contributed by atoms with Gasteiger partial charge in [0.1, 0.15) is 5.75 Å². The number of anilines is 1. The van der Waals surface area contributed by atoms with Gasteiger partial charge in [0, 0.05) is 25.6 Å². The Balaban J connectivity index is 0.00000288. The molecule has 5 nitrogen and oxygen atoms in total. The van der Waals surface area contributed by atoms with E-state index in [1.807, 2.05) is 18.2 Å². The Kier molecular flexibility index (Phi) is 12.5. The second kappa shape index (κ2) is 13.1. The average Bonchev–Trinajstić information content (AvgIpc) is 3.02. The summed E-state index contributed by atoms with van der Waals surface area (Å²) in [6, 6.07) is 8.27. The molecule has 1 atom stereocenters. The molecule has 2 rings (SSSR count). The highest BCUT2D eigenvalue weighted by molar-refractivity contribution is 5.85. The van der Waals surface area contributed by atoms with Gasteiger partial charge >= 0.3 is 0 Å². The lowest BCUT2D eigenvalue weighted by atomic mass is 10.1. The van der Waals surface area contributed by atoms with Gasteiger partial charge < -0.3 is 20.7 Å². The van der Waals surface area contributed by atoms with Crippen molar-refractivity contribution in [2.24, 2.45) is 5.73 Å². The fourth-order valence-electron chi connectivity index (χ4n) is 3.07. The Morgan fingerprint density at radius 3 is 2.68 bits per heavy atom. The minimum Gasteiger partial charge on any atom is -0.495 e. The number of methoxy groups -OCH3 is 1. The molecule has 1 aromatic rings. The third-order valence-corrected chi connectivity index (χ3v) is 4.34. The van der Waals surface area contributed by atoms with E-state index in [-0.39, 0.29) is 36.8 Å². The van der Waals surface area contributed by atoms with Crippen LogP contribution in [0, 0.1) is 0 Å². The molecule has 0 radical (unpaired) electrons. The smallest absolute Gasteiger partial charge is 0.220 e. The number of amides is 1. The number of unbranched alkanes of at least 4 members (excludes halogenated alkanes) is 3. The van der Waals surface area contributed by atoms with Crippen molar-refractivity contribution in [2.45, 2.75) is 44.6 Å². The van der Waals surface area contributed by atoms with E-state index >= 15 is 0 Å². The van der Waals surface area contributed by atoms with E-state index in [4.69, 9.17) is 10.5 Å². The molecule has 1 heterocycles. The largest absolute Gasteiger partial charge is 0.495 e. The zero-order valence-electron chi connectivity index (χ0n) is 14.9. The van der Waals surface area contributed by atoms with Crippen molar-refractivity contribution in [3.63, 3.8) is 0 Å². The molecule has 1 aliphatic rings. The zero-order valence-corrected chi connectivity index (χ0v) is 16.5. The molecule has 0 saturated carbocycles. The van der Waals surface area contributed by atoms with Crippen LogP contribution in [0.2, 0.25) is 0 Å². The van der Waals surface area contributed by atoms with Crippen LogP contribution in [-0.2, 0) is 4.79 Å². The summed E-state index contributed by atoms with van der Waals surface area (Å²) in [5, 5.41) is 3.16. The van der Waals surface area contributed by atoms with Crippen LogP contribution in [0.4, 0.5) is 5.69 Å². The number of hydrogen-bond acceptors (Lipinski definition) is 4. The molecule has 0 aliphatic carbocycles. The first-order valence-corrected chi connectivity index (χ1v) is 8.62. The average molecular weight is 392 g/mol. The molecule has 1 unspecified atom stereocenters. The summed E-state index contributed by atoms with van der Waals surface area (Å²) < 4.78 is 5.42. The van der Waals surface area contributed by atoms with Crippen molar-refractivity contribution >= 4 is 36.4 Å². The molecule has 0 aromatic heterocycles. The number of hydrogen-bond donors (Lipinski definition) is 2. The van der Waals surface area contributed by atoms with E-state index in [2.05, 4.69) is 16.3 Å². The summed E-state index contributed by atoms with van der Waals surface area (Å²) in [4.78, 5) is 14.3. The molecule has 3 N–H and O–H groups in total. The van der Waals surface area contributed by atoms with Crippen molar-refractivity contribution in [3.8, 4) is 5.75 Å². The number of nitrogens with one attached hydrogen (secondary N) is 1. The highest BCUT2D eigenvalue weighted by atomic mass is 35.5. The Morgan fingerprint density at radius 2 is 1.96 bits per heavy atom. The van der Waals surface area contributed by atoms with Gasteiger partial charge in [0.15, 0.2) is 0 Å². The predicted octanol–water partition coefficient (Wildman–Crippen LogP) is 3.14. The Morgan fingerprint density at radius 1 is 1.24 bits per heavy atom. The molecule has 1 saturated heterocycles. The lowest BCUT2D eigenvalue weighted by molar-refractivity contribution is -0.121. The van der Waals surface area contributed by atoms with Crippen LogP contribution in [0.5, 0.6) is 5.75 Å². The van der Waals surface area contributed by atoms with Gasteiger partial charge in [-0.25, -0.2) is 0 Å². The lowest BCUT2D eigenvalue weighted by Gasteiger charge is -2.21. The minimum atomic E-state index is 0. The maximum Gasteiger partial charge on any atom is 0.220 e. The molecule has 1 aromatic carbocycles. The third-order valence-electron chi connectivity index (χ3n) is 4.34. The molecule has 7 heteroatoms. The van der Waals surface area contributed by atoms with Crippen molar-refractivity contribution in [1.82, 2.24) is 5.32 Å². The molecular weight excluding hydrogens is 361 g/mol. The topological polar surface area (TPSA) is 67.6 Å². The fourth-order valence-corrected chi connectivity index (χ4v) is 3.07. The van der Waals surface area contributed by atoms with Gasteiger partial charge in [0.05, 0.1) is 12.8 Å². The van der Waals surface area contributed by atoms with E-state index in [0.29, 0.717) is 6.42 Å². The SMILES string of the molecule is COc1ccccc1N1CCC(NC(=O)CCCCCCN)C1.Cl.Cl. The van der Waals surface area contributed by atoms with Crippen LogP contribution >= 0.6 is 24.8 Å². The van der Waals surface area contributed by atoms with Crippen molar-refractivity contribution in [2.75, 3.05) is 31.6 Å². The molecule has 1 fully saturated rings. The molecule has 1 amide bonds. The third kappa shape index (κ3) is 7.72. The van der Waals surface area contributed by atoms with Gasteiger partial charge in [0.25, 0.3) is 0 Å². The van der Waals surface area contributed by atoms with Crippen LogP contribution in [0.3, 0.4) is 0 Å². The number of carbonyl (C=O) groups excluding carboxylic acids is 1. The van der Waals surface area contributed by atoms with E-state index in [9.17, 15) is 4.79 Å². The number of nitrogens with two attached hydrogens (primary N) is 1. The maximum atomic E-state index is 12.0. The first kappa shape index (κ1) is 23.8. The number of halogens is 2. The second-order valence-electron chi connectivity index (χ2n) is 6.12. The van der Waals surface area contributed by atoms with E-state index in [0.717, 1.165) is 63.2 Å². The number of rotatable bonds is 9. The zero-order chi connectivity index (χ0) is 16.5. The maximum absolute atomic E-state index is 12.0. The van der Waals surface area contributed by atoms with Gasteiger partial charge in [-0.05, 0) is 37.9 Å². The quantitative estimate of drug-likeness (QED) is 0.634. The Hall–Kier alpha value is -1.17. The van der Waals surface area contributed by atoms with Crippen molar-refractivity contribution < 1.29 is 9.53 Å². The van der Waals surface area contributed by atoms with E-state index in [1.54, 1.807) is 7.11 Å². The predicted molar refractivity (Wildman–Crippen MR) is 108 cm³/mol. The first-order valence-electron chi connectivity index (χ1n) is 8.62. The molecule has 0 spiro atoms. The normalized spacial score (nSPS) is 15.9. The lowest BCUT2D eigenvalue weighted by Crippen LogP contribution is -2.37. The van der Waals surface area contributed by atoms with Crippen LogP contribution in [0.15, 0.2) is 24.3 Å². The fraction of sp³-hybridized carbons (Fsp3) is 0.611. The summed E-state index contributed by atoms with van der Waals surface area (Å²) >= 11 is 0. The molecule has 25 heavy (non-hydrogen) atoms. The van der Waals surface area contributed by atoms with Gasteiger partial charge in [-0.3, -0.25) is 4.79 Å². The number of para-hydroxylation sites is 2. The number of nitrogens with zero attached hydrogens (tertiary/aromatic N) is 1. The van der Waals surface area contributed by atoms with Crippen molar-refractivity contribution in [3.05, 3.63) is 24.3 Å². The first-order chi connectivity index (χ1) is 11.2. The summed E-state index contributed by atoms with van der Waals surface area (Å²) in [5.74, 6) is 1.06. The standard InChI is InChI=1S/C18H29N3O2.2ClH/c1-23-17-9-6-5-8-16(17)21-13-11-15(14-21)20-18(22)10-4-2-3-7-12-19;;/h5-6,8-9,15H,2-4,7,10-14,19H2,1H3,(H,20,22);2*1H. The van der Waals surface area contributed by atoms with Gasteiger partial charge in [0.2, 0.25) is 5.91 Å². The minimum absolute atomic E-state index is 0. The Bertz CT molecular complexity index is 503. The summed E-state index contributed by atoms with van der Waals surface area (Å²) in [6.07, 6.45) is 5.82. The van der Waals surface area contributed by atoms with E-state index in [1.165, 1.54) is 0 Å². The highest BCUT2D eigenvalue weighted by Gasteiger charge is 2.25. The Labute approximate surface area is 163 Å². The number of carbonyl (C=O) groups is 1. The summed E-state index contributed by atoms with van der Waals surface area (Å²) in [5.41, 5.74) is 6.57. The number of benzene rings is 1. The molecular formula is C18H31Cl2N3O2. The van der Waals surface area contributed by atoms with Gasteiger partial charge in [-0.15, -0.1) is 24.8 Å². The molecule has 0 bridgehead atoms. The summed E-state index contributed by atoms with van der Waals surface area (Å²) in [6.45, 7) is 2.54. The van der Waals surface area contributed by atoms with Crippen LogP contribution in [0.25, 0.3) is 0 Å². The monoisotopic (exact) mass is 391 g/mol. The molecule has 1 aliphatic heterocycles. The summed E-state index contributed by atoms with van der Waals surface area (Å²) in [7, 11) is 1.69.